The first kappa shape index (κ1) is 13.2. The molecule has 94 valence electrons. The summed E-state index contributed by atoms with van der Waals surface area (Å²) in [7, 11) is 0. The third-order valence-corrected chi connectivity index (χ3v) is 2.81. The van der Waals surface area contributed by atoms with E-state index in [9.17, 15) is 9.18 Å². The standard InChI is InChI=1S/C13H7BrFN3O/c14-9-1-2-11(15)12(6-9)18-13(19)8-3-4-17-10(5-8)7-16/h1-6H,(H,18,19). The number of amides is 1. The Bertz CT molecular complexity index is 682. The van der Waals surface area contributed by atoms with Crippen molar-refractivity contribution in [1.29, 1.82) is 5.26 Å². The molecule has 2 rings (SSSR count). The second-order valence-corrected chi connectivity index (χ2v) is 4.54. The van der Waals surface area contributed by atoms with Gasteiger partial charge in [0.25, 0.3) is 5.91 Å². The first-order valence-electron chi connectivity index (χ1n) is 5.22. The van der Waals surface area contributed by atoms with Gasteiger partial charge in [0.15, 0.2) is 0 Å². The molecule has 0 saturated heterocycles. The summed E-state index contributed by atoms with van der Waals surface area (Å²) in [4.78, 5) is 15.7. The van der Waals surface area contributed by atoms with Crippen LogP contribution in [-0.4, -0.2) is 10.9 Å². The Kier molecular flexibility index (Phi) is 3.88. The van der Waals surface area contributed by atoms with Gasteiger partial charge in [0, 0.05) is 16.2 Å². The van der Waals surface area contributed by atoms with Crippen molar-refractivity contribution >= 4 is 27.5 Å². The zero-order valence-electron chi connectivity index (χ0n) is 9.52. The lowest BCUT2D eigenvalue weighted by Crippen LogP contribution is -2.13. The van der Waals surface area contributed by atoms with Crippen LogP contribution in [0.3, 0.4) is 0 Å². The van der Waals surface area contributed by atoms with Crippen LogP contribution in [0.4, 0.5) is 10.1 Å². The Balaban J connectivity index is 2.26. The second-order valence-electron chi connectivity index (χ2n) is 3.62. The van der Waals surface area contributed by atoms with Crippen LogP contribution in [0.25, 0.3) is 0 Å². The van der Waals surface area contributed by atoms with Gasteiger partial charge in [-0.25, -0.2) is 9.37 Å². The van der Waals surface area contributed by atoms with E-state index in [4.69, 9.17) is 5.26 Å². The lowest BCUT2D eigenvalue weighted by Gasteiger charge is -2.06. The smallest absolute Gasteiger partial charge is 0.255 e. The minimum atomic E-state index is -0.536. The van der Waals surface area contributed by atoms with Gasteiger partial charge >= 0.3 is 0 Å². The minimum absolute atomic E-state index is 0.0645. The van der Waals surface area contributed by atoms with E-state index in [1.54, 1.807) is 0 Å². The number of nitrogens with zero attached hydrogens (tertiary/aromatic N) is 2. The average Bonchev–Trinajstić information content (AvgIpc) is 2.43. The fourth-order valence-electron chi connectivity index (χ4n) is 1.42. The SMILES string of the molecule is N#Cc1cc(C(=O)Nc2cc(Br)ccc2F)ccn1. The van der Waals surface area contributed by atoms with E-state index in [1.165, 1.54) is 36.5 Å². The molecule has 0 spiro atoms. The third-order valence-electron chi connectivity index (χ3n) is 2.31. The van der Waals surface area contributed by atoms with E-state index in [0.29, 0.717) is 4.47 Å². The number of hydrogen-bond donors (Lipinski definition) is 1. The number of aromatic nitrogens is 1. The number of rotatable bonds is 2. The van der Waals surface area contributed by atoms with Crippen LogP contribution in [0.1, 0.15) is 16.1 Å². The molecule has 2 aromatic rings. The Morgan fingerprint density at radius 2 is 2.16 bits per heavy atom. The molecule has 0 aliphatic heterocycles. The van der Waals surface area contributed by atoms with E-state index in [1.807, 2.05) is 6.07 Å². The highest BCUT2D eigenvalue weighted by atomic mass is 79.9. The first-order valence-corrected chi connectivity index (χ1v) is 6.02. The van der Waals surface area contributed by atoms with Crippen LogP contribution < -0.4 is 5.32 Å². The minimum Gasteiger partial charge on any atom is -0.319 e. The van der Waals surface area contributed by atoms with Gasteiger partial charge in [-0.1, -0.05) is 15.9 Å². The molecular weight excluding hydrogens is 313 g/mol. The topological polar surface area (TPSA) is 65.8 Å². The molecule has 0 bridgehead atoms. The fourth-order valence-corrected chi connectivity index (χ4v) is 1.78. The molecule has 1 aromatic carbocycles. The number of nitriles is 1. The maximum absolute atomic E-state index is 13.5. The van der Waals surface area contributed by atoms with Crippen molar-refractivity contribution in [1.82, 2.24) is 4.98 Å². The van der Waals surface area contributed by atoms with Gasteiger partial charge in [-0.15, -0.1) is 0 Å². The number of pyridine rings is 1. The molecular formula is C13H7BrFN3O. The van der Waals surface area contributed by atoms with E-state index >= 15 is 0 Å². The number of carbonyl (C=O) groups excluding carboxylic acids is 1. The molecule has 0 saturated carbocycles. The van der Waals surface area contributed by atoms with Crippen LogP contribution in [0, 0.1) is 17.1 Å². The van der Waals surface area contributed by atoms with Crippen molar-refractivity contribution in [3.05, 3.63) is 58.1 Å². The highest BCUT2D eigenvalue weighted by Gasteiger charge is 2.10. The molecule has 19 heavy (non-hydrogen) atoms. The van der Waals surface area contributed by atoms with Crippen LogP contribution >= 0.6 is 15.9 Å². The summed E-state index contributed by atoms with van der Waals surface area (Å²) in [6.07, 6.45) is 1.35. The Hall–Kier alpha value is -2.26. The number of benzene rings is 1. The molecule has 0 fully saturated rings. The van der Waals surface area contributed by atoms with Crippen molar-refractivity contribution in [3.63, 3.8) is 0 Å². The molecule has 0 atom stereocenters. The summed E-state index contributed by atoms with van der Waals surface area (Å²) in [6, 6.07) is 8.86. The Morgan fingerprint density at radius 3 is 2.89 bits per heavy atom. The van der Waals surface area contributed by atoms with Crippen molar-refractivity contribution in [2.45, 2.75) is 0 Å². The predicted octanol–water partition coefficient (Wildman–Crippen LogP) is 3.11. The van der Waals surface area contributed by atoms with Gasteiger partial charge in [0.05, 0.1) is 5.69 Å². The zero-order valence-corrected chi connectivity index (χ0v) is 11.1. The van der Waals surface area contributed by atoms with Gasteiger partial charge in [-0.05, 0) is 30.3 Å². The fraction of sp³-hybridized carbons (Fsp3) is 0. The summed E-state index contributed by atoms with van der Waals surface area (Å²) in [5.74, 6) is -1.04. The quantitative estimate of drug-likeness (QED) is 0.924. The molecule has 0 radical (unpaired) electrons. The summed E-state index contributed by atoms with van der Waals surface area (Å²) in [5, 5.41) is 11.1. The Morgan fingerprint density at radius 1 is 1.37 bits per heavy atom. The molecule has 0 aliphatic rings. The number of carbonyl (C=O) groups is 1. The van der Waals surface area contributed by atoms with Crippen LogP contribution in [0.15, 0.2) is 41.0 Å². The van der Waals surface area contributed by atoms with Crippen molar-refractivity contribution in [3.8, 4) is 6.07 Å². The van der Waals surface area contributed by atoms with E-state index < -0.39 is 11.7 Å². The lowest BCUT2D eigenvalue weighted by atomic mass is 10.2. The van der Waals surface area contributed by atoms with E-state index in [2.05, 4.69) is 26.2 Å². The molecule has 6 heteroatoms. The van der Waals surface area contributed by atoms with Gasteiger partial charge in [0.1, 0.15) is 17.6 Å². The van der Waals surface area contributed by atoms with Crippen molar-refractivity contribution in [2.75, 3.05) is 5.32 Å². The highest BCUT2D eigenvalue weighted by Crippen LogP contribution is 2.20. The second kappa shape index (κ2) is 5.59. The molecule has 4 nitrogen and oxygen atoms in total. The molecule has 1 aromatic heterocycles. The molecule has 1 heterocycles. The number of nitrogens with one attached hydrogen (secondary N) is 1. The Labute approximate surface area is 117 Å². The van der Waals surface area contributed by atoms with Gasteiger partial charge < -0.3 is 5.32 Å². The lowest BCUT2D eigenvalue weighted by molar-refractivity contribution is 0.102. The predicted molar refractivity (Wildman–Crippen MR) is 71.0 cm³/mol. The number of anilines is 1. The first-order chi connectivity index (χ1) is 9.10. The van der Waals surface area contributed by atoms with E-state index in [-0.39, 0.29) is 16.9 Å². The summed E-state index contributed by atoms with van der Waals surface area (Å²) < 4.78 is 14.1. The van der Waals surface area contributed by atoms with Gasteiger partial charge in [-0.3, -0.25) is 4.79 Å². The van der Waals surface area contributed by atoms with Gasteiger partial charge in [0.2, 0.25) is 0 Å². The van der Waals surface area contributed by atoms with Gasteiger partial charge in [-0.2, -0.15) is 5.26 Å². The van der Waals surface area contributed by atoms with Crippen LogP contribution in [0.2, 0.25) is 0 Å². The maximum atomic E-state index is 13.5. The number of halogens is 2. The average molecular weight is 320 g/mol. The third kappa shape index (κ3) is 3.14. The van der Waals surface area contributed by atoms with Crippen LogP contribution in [-0.2, 0) is 0 Å². The highest BCUT2D eigenvalue weighted by molar-refractivity contribution is 9.10. The van der Waals surface area contributed by atoms with Crippen molar-refractivity contribution in [2.24, 2.45) is 0 Å². The van der Waals surface area contributed by atoms with Crippen LogP contribution in [0.5, 0.6) is 0 Å². The van der Waals surface area contributed by atoms with E-state index in [0.717, 1.165) is 0 Å². The zero-order chi connectivity index (χ0) is 13.8. The summed E-state index contributed by atoms with van der Waals surface area (Å²) in [5.41, 5.74) is 0.433. The molecule has 0 aliphatic carbocycles. The monoisotopic (exact) mass is 319 g/mol. The largest absolute Gasteiger partial charge is 0.319 e. The number of hydrogen-bond acceptors (Lipinski definition) is 3. The summed E-state index contributed by atoms with van der Waals surface area (Å²) in [6.45, 7) is 0. The summed E-state index contributed by atoms with van der Waals surface area (Å²) >= 11 is 3.19. The normalized spacial score (nSPS) is 9.74. The molecule has 1 amide bonds. The van der Waals surface area contributed by atoms with Crippen molar-refractivity contribution < 1.29 is 9.18 Å². The molecule has 1 N–H and O–H groups in total. The molecule has 0 unspecified atom stereocenters. The maximum Gasteiger partial charge on any atom is 0.255 e.